The van der Waals surface area contributed by atoms with Crippen LogP contribution >= 0.6 is 11.8 Å². The molecule has 0 saturated heterocycles. The molecule has 1 amide bonds. The van der Waals surface area contributed by atoms with Crippen LogP contribution in [0.2, 0.25) is 0 Å². The van der Waals surface area contributed by atoms with Gasteiger partial charge in [-0.25, -0.2) is 5.84 Å². The van der Waals surface area contributed by atoms with Crippen molar-refractivity contribution in [1.82, 2.24) is 10.3 Å². The lowest BCUT2D eigenvalue weighted by Gasteiger charge is -2.15. The van der Waals surface area contributed by atoms with Crippen LogP contribution in [0.3, 0.4) is 0 Å². The van der Waals surface area contributed by atoms with Gasteiger partial charge < -0.3 is 9.32 Å². The molecule has 0 aliphatic carbocycles. The Hall–Kier alpha value is -1.50. The van der Waals surface area contributed by atoms with Crippen LogP contribution in [-0.2, 0) is 6.54 Å². The smallest absolute Gasteiger partial charge is 0.301 e. The van der Waals surface area contributed by atoms with Crippen LogP contribution in [0.25, 0.3) is 11.0 Å². The summed E-state index contributed by atoms with van der Waals surface area (Å²) in [6, 6.07) is 7.64. The largest absolute Gasteiger partial charge is 0.451 e. The zero-order valence-electron chi connectivity index (χ0n) is 11.7. The van der Waals surface area contributed by atoms with Crippen LogP contribution in [0.1, 0.15) is 16.1 Å². The van der Waals surface area contributed by atoms with Gasteiger partial charge in [0.05, 0.1) is 0 Å². The summed E-state index contributed by atoms with van der Waals surface area (Å²) in [5.74, 6) is 6.18. The number of thioether (sulfide) groups is 1. The first kappa shape index (κ1) is 14.9. The third-order valence-corrected chi connectivity index (χ3v) is 3.73. The molecule has 5 nitrogen and oxygen atoms in total. The monoisotopic (exact) mass is 293 g/mol. The number of benzene rings is 1. The normalized spacial score (nSPS) is 11.2. The van der Waals surface area contributed by atoms with Crippen molar-refractivity contribution in [2.24, 2.45) is 5.84 Å². The third-order valence-electron chi connectivity index (χ3n) is 3.14. The number of amides is 1. The van der Waals surface area contributed by atoms with E-state index in [1.807, 2.05) is 31.3 Å². The Bertz CT molecular complexity index is 597. The van der Waals surface area contributed by atoms with Crippen molar-refractivity contribution in [3.63, 3.8) is 0 Å². The average molecular weight is 293 g/mol. The number of hydrogen-bond donors (Lipinski definition) is 2. The second kappa shape index (κ2) is 6.78. The summed E-state index contributed by atoms with van der Waals surface area (Å²) in [6.07, 6.45) is 2.08. The van der Waals surface area contributed by atoms with E-state index in [2.05, 4.69) is 16.6 Å². The average Bonchev–Trinajstić information content (AvgIpc) is 2.83. The molecule has 2 rings (SSSR count). The summed E-state index contributed by atoms with van der Waals surface area (Å²) in [5.41, 5.74) is 3.73. The number of hydrogen-bond acceptors (Lipinski definition) is 5. The summed E-state index contributed by atoms with van der Waals surface area (Å²) in [5, 5.41) is 0.960. The summed E-state index contributed by atoms with van der Waals surface area (Å²) in [7, 11) is 2.03. The topological polar surface area (TPSA) is 71.5 Å². The fourth-order valence-electron chi connectivity index (χ4n) is 2.10. The van der Waals surface area contributed by atoms with Crippen LogP contribution in [0.15, 0.2) is 28.7 Å². The van der Waals surface area contributed by atoms with E-state index in [4.69, 9.17) is 10.3 Å². The number of carbonyl (C=O) groups is 1. The van der Waals surface area contributed by atoms with Crippen molar-refractivity contribution in [1.29, 1.82) is 0 Å². The zero-order valence-corrected chi connectivity index (χ0v) is 12.5. The minimum atomic E-state index is -0.394. The lowest BCUT2D eigenvalue weighted by molar-refractivity contribution is 0.0925. The van der Waals surface area contributed by atoms with E-state index in [-0.39, 0.29) is 0 Å². The lowest BCUT2D eigenvalue weighted by Crippen LogP contribution is -2.31. The van der Waals surface area contributed by atoms with Gasteiger partial charge in [-0.05, 0) is 19.4 Å². The van der Waals surface area contributed by atoms with E-state index in [1.165, 1.54) is 0 Å². The predicted octanol–water partition coefficient (Wildman–Crippen LogP) is 1.83. The van der Waals surface area contributed by atoms with Crippen LogP contribution in [0.4, 0.5) is 0 Å². The number of fused-ring (bicyclic) bond motifs is 1. The van der Waals surface area contributed by atoms with Crippen molar-refractivity contribution in [3.8, 4) is 0 Å². The Morgan fingerprint density at radius 2 is 2.20 bits per heavy atom. The van der Waals surface area contributed by atoms with E-state index in [9.17, 15) is 4.79 Å². The van der Waals surface area contributed by atoms with Crippen molar-refractivity contribution < 1.29 is 9.21 Å². The molecule has 0 radical (unpaired) electrons. The summed E-state index contributed by atoms with van der Waals surface area (Å²) in [6.45, 7) is 1.60. The van der Waals surface area contributed by atoms with E-state index in [0.29, 0.717) is 17.9 Å². The van der Waals surface area contributed by atoms with Crippen LogP contribution < -0.4 is 11.3 Å². The van der Waals surface area contributed by atoms with Gasteiger partial charge in [-0.3, -0.25) is 10.2 Å². The van der Waals surface area contributed by atoms with E-state index in [1.54, 1.807) is 11.8 Å². The maximum Gasteiger partial charge on any atom is 0.301 e. The second-order valence-corrected chi connectivity index (χ2v) is 5.60. The number of hydrazine groups is 1. The molecule has 2 aromatic rings. The molecule has 0 fully saturated rings. The van der Waals surface area contributed by atoms with Crippen molar-refractivity contribution in [2.75, 3.05) is 25.6 Å². The quantitative estimate of drug-likeness (QED) is 0.483. The summed E-state index contributed by atoms with van der Waals surface area (Å²) < 4.78 is 5.63. The van der Waals surface area contributed by atoms with Crippen LogP contribution in [-0.4, -0.2) is 36.4 Å². The number of nitrogens with zero attached hydrogens (tertiary/aromatic N) is 1. The maximum atomic E-state index is 11.8. The van der Waals surface area contributed by atoms with Gasteiger partial charge in [0.25, 0.3) is 0 Å². The van der Waals surface area contributed by atoms with E-state index >= 15 is 0 Å². The Balaban J connectivity index is 2.35. The highest BCUT2D eigenvalue weighted by atomic mass is 32.2. The predicted molar refractivity (Wildman–Crippen MR) is 82.6 cm³/mol. The van der Waals surface area contributed by atoms with Crippen molar-refractivity contribution >= 4 is 28.6 Å². The molecule has 0 saturated carbocycles. The van der Waals surface area contributed by atoms with Crippen LogP contribution in [0.5, 0.6) is 0 Å². The minimum Gasteiger partial charge on any atom is -0.451 e. The van der Waals surface area contributed by atoms with E-state index in [0.717, 1.165) is 23.2 Å². The van der Waals surface area contributed by atoms with Gasteiger partial charge in [0.2, 0.25) is 0 Å². The SMILES string of the molecule is CSCCN(C)Cc1c(C(=O)NN)oc2ccccc12. The molecule has 3 N–H and O–H groups in total. The van der Waals surface area contributed by atoms with Gasteiger partial charge in [-0.1, -0.05) is 18.2 Å². The summed E-state index contributed by atoms with van der Waals surface area (Å²) in [4.78, 5) is 14.0. The molecule has 0 atom stereocenters. The van der Waals surface area contributed by atoms with Crippen molar-refractivity contribution in [3.05, 3.63) is 35.6 Å². The molecular formula is C14H19N3O2S. The Morgan fingerprint density at radius 1 is 1.45 bits per heavy atom. The highest BCUT2D eigenvalue weighted by molar-refractivity contribution is 7.98. The standard InChI is InChI=1S/C14H19N3O2S/c1-17(7-8-20-2)9-11-10-5-3-4-6-12(10)19-13(11)14(18)16-15/h3-6H,7-9,15H2,1-2H3,(H,16,18). The molecule has 1 aromatic carbocycles. The highest BCUT2D eigenvalue weighted by Gasteiger charge is 2.20. The number of nitrogens with one attached hydrogen (secondary N) is 1. The molecule has 1 aromatic heterocycles. The molecule has 6 heteroatoms. The zero-order chi connectivity index (χ0) is 14.5. The molecule has 0 spiro atoms. The van der Waals surface area contributed by atoms with Gasteiger partial charge in [-0.15, -0.1) is 0 Å². The molecule has 0 unspecified atom stereocenters. The first-order valence-electron chi connectivity index (χ1n) is 6.36. The molecule has 0 aliphatic heterocycles. The highest BCUT2D eigenvalue weighted by Crippen LogP contribution is 2.26. The number of nitrogen functional groups attached to an aromatic ring is 1. The number of rotatable bonds is 6. The first-order valence-corrected chi connectivity index (χ1v) is 7.75. The van der Waals surface area contributed by atoms with Crippen LogP contribution in [0, 0.1) is 0 Å². The number of carbonyl (C=O) groups excluding carboxylic acids is 1. The molecular weight excluding hydrogens is 274 g/mol. The third kappa shape index (κ3) is 3.15. The van der Waals surface area contributed by atoms with Gasteiger partial charge in [0, 0.05) is 29.8 Å². The van der Waals surface area contributed by atoms with Gasteiger partial charge in [-0.2, -0.15) is 11.8 Å². The van der Waals surface area contributed by atoms with Gasteiger partial charge in [0.15, 0.2) is 5.76 Å². The Kier molecular flexibility index (Phi) is 5.05. The second-order valence-electron chi connectivity index (χ2n) is 4.61. The van der Waals surface area contributed by atoms with E-state index < -0.39 is 5.91 Å². The Morgan fingerprint density at radius 3 is 2.90 bits per heavy atom. The van der Waals surface area contributed by atoms with Gasteiger partial charge >= 0.3 is 5.91 Å². The molecule has 20 heavy (non-hydrogen) atoms. The maximum absolute atomic E-state index is 11.8. The molecule has 0 bridgehead atoms. The summed E-state index contributed by atoms with van der Waals surface area (Å²) >= 11 is 1.80. The number of para-hydroxylation sites is 1. The Labute approximate surface area is 122 Å². The minimum absolute atomic E-state index is 0.296. The molecule has 1 heterocycles. The number of nitrogens with two attached hydrogens (primary N) is 1. The fourth-order valence-corrected chi connectivity index (χ4v) is 2.60. The van der Waals surface area contributed by atoms with Gasteiger partial charge in [0.1, 0.15) is 5.58 Å². The first-order chi connectivity index (χ1) is 9.67. The molecule has 108 valence electrons. The van der Waals surface area contributed by atoms with Crippen molar-refractivity contribution in [2.45, 2.75) is 6.54 Å². The lowest BCUT2D eigenvalue weighted by atomic mass is 10.1. The number of furan rings is 1. The fraction of sp³-hybridized carbons (Fsp3) is 0.357. The molecule has 0 aliphatic rings.